The highest BCUT2D eigenvalue weighted by Gasteiger charge is 2.20. The Morgan fingerprint density at radius 2 is 2.28 bits per heavy atom. The average molecular weight is 267 g/mol. The maximum atomic E-state index is 13.8. The molecule has 0 saturated carbocycles. The molecule has 1 aliphatic rings. The van der Waals surface area contributed by atoms with Crippen LogP contribution < -0.4 is 16.0 Å². The minimum atomic E-state index is -0.454. The predicted octanol–water partition coefficient (Wildman–Crippen LogP) is 0.786. The summed E-state index contributed by atoms with van der Waals surface area (Å²) in [6.45, 7) is 1.49. The number of anilines is 1. The van der Waals surface area contributed by atoms with Crippen LogP contribution in [0, 0.1) is 5.82 Å². The van der Waals surface area contributed by atoms with Gasteiger partial charge in [-0.1, -0.05) is 18.3 Å². The highest BCUT2D eigenvalue weighted by atomic mass is 32.1. The number of hydrogen-bond acceptors (Lipinski definition) is 3. The van der Waals surface area contributed by atoms with Crippen molar-refractivity contribution in [2.75, 3.05) is 24.5 Å². The molecule has 1 fully saturated rings. The van der Waals surface area contributed by atoms with Gasteiger partial charge < -0.3 is 16.0 Å². The number of benzene rings is 1. The second-order valence-electron chi connectivity index (χ2n) is 4.12. The van der Waals surface area contributed by atoms with Crippen molar-refractivity contribution in [3.8, 4) is 0 Å². The van der Waals surface area contributed by atoms with Gasteiger partial charge in [0.05, 0.1) is 17.8 Å². The van der Waals surface area contributed by atoms with Gasteiger partial charge in [-0.05, 0) is 18.6 Å². The van der Waals surface area contributed by atoms with E-state index in [-0.39, 0.29) is 23.0 Å². The third-order valence-corrected chi connectivity index (χ3v) is 3.04. The SMILES string of the molecule is NC(=S)c1c(F)cccc1N1CCCNC(=O)C1. The maximum absolute atomic E-state index is 13.8. The Morgan fingerprint density at radius 1 is 1.50 bits per heavy atom. The first-order chi connectivity index (χ1) is 8.59. The van der Waals surface area contributed by atoms with E-state index in [4.69, 9.17) is 18.0 Å². The summed E-state index contributed by atoms with van der Waals surface area (Å²) in [6.07, 6.45) is 0.805. The first-order valence-electron chi connectivity index (χ1n) is 5.69. The van der Waals surface area contributed by atoms with Crippen LogP contribution in [-0.4, -0.2) is 30.5 Å². The summed E-state index contributed by atoms with van der Waals surface area (Å²) in [5.74, 6) is -0.532. The molecule has 18 heavy (non-hydrogen) atoms. The molecule has 1 aromatic carbocycles. The smallest absolute Gasteiger partial charge is 0.239 e. The summed E-state index contributed by atoms with van der Waals surface area (Å²) in [5.41, 5.74) is 6.35. The quantitative estimate of drug-likeness (QED) is 0.778. The van der Waals surface area contributed by atoms with Gasteiger partial charge in [0.2, 0.25) is 5.91 Å². The van der Waals surface area contributed by atoms with Crippen LogP contribution in [0.5, 0.6) is 0 Å². The summed E-state index contributed by atoms with van der Waals surface area (Å²) >= 11 is 4.88. The first-order valence-corrected chi connectivity index (χ1v) is 6.10. The van der Waals surface area contributed by atoms with Crippen LogP contribution in [0.3, 0.4) is 0 Å². The molecule has 0 spiro atoms. The van der Waals surface area contributed by atoms with E-state index in [9.17, 15) is 9.18 Å². The zero-order valence-corrected chi connectivity index (χ0v) is 10.6. The van der Waals surface area contributed by atoms with Crippen molar-refractivity contribution in [3.05, 3.63) is 29.6 Å². The average Bonchev–Trinajstić information content (AvgIpc) is 2.53. The Labute approximate surface area is 110 Å². The molecule has 0 aromatic heterocycles. The minimum Gasteiger partial charge on any atom is -0.389 e. The van der Waals surface area contributed by atoms with Crippen molar-refractivity contribution in [2.45, 2.75) is 6.42 Å². The van der Waals surface area contributed by atoms with Crippen molar-refractivity contribution in [2.24, 2.45) is 5.73 Å². The number of hydrogen-bond donors (Lipinski definition) is 2. The molecule has 96 valence electrons. The van der Waals surface area contributed by atoms with Crippen molar-refractivity contribution in [1.82, 2.24) is 5.32 Å². The van der Waals surface area contributed by atoms with Gasteiger partial charge in [0, 0.05) is 13.1 Å². The lowest BCUT2D eigenvalue weighted by atomic mass is 10.1. The highest BCUT2D eigenvalue weighted by Crippen LogP contribution is 2.23. The number of thiocarbonyl (C=S) groups is 1. The van der Waals surface area contributed by atoms with Gasteiger partial charge in [0.25, 0.3) is 0 Å². The van der Waals surface area contributed by atoms with E-state index in [0.29, 0.717) is 18.8 Å². The van der Waals surface area contributed by atoms with E-state index >= 15 is 0 Å². The molecule has 2 rings (SSSR count). The van der Waals surface area contributed by atoms with Crippen molar-refractivity contribution < 1.29 is 9.18 Å². The third-order valence-electron chi connectivity index (χ3n) is 2.84. The number of nitrogens with zero attached hydrogens (tertiary/aromatic N) is 1. The summed E-state index contributed by atoms with van der Waals surface area (Å²) < 4.78 is 13.8. The molecule has 0 bridgehead atoms. The fraction of sp³-hybridized carbons (Fsp3) is 0.333. The second kappa shape index (κ2) is 5.30. The lowest BCUT2D eigenvalue weighted by Gasteiger charge is -2.24. The maximum Gasteiger partial charge on any atom is 0.239 e. The van der Waals surface area contributed by atoms with Gasteiger partial charge in [0.1, 0.15) is 10.8 Å². The number of halogens is 1. The van der Waals surface area contributed by atoms with E-state index in [1.807, 2.05) is 0 Å². The molecule has 1 saturated heterocycles. The van der Waals surface area contributed by atoms with Crippen LogP contribution in [0.25, 0.3) is 0 Å². The predicted molar refractivity (Wildman–Crippen MR) is 72.1 cm³/mol. The van der Waals surface area contributed by atoms with E-state index in [1.54, 1.807) is 17.0 Å². The fourth-order valence-electron chi connectivity index (χ4n) is 2.03. The van der Waals surface area contributed by atoms with E-state index in [1.165, 1.54) is 6.07 Å². The lowest BCUT2D eigenvalue weighted by Crippen LogP contribution is -2.34. The summed E-state index contributed by atoms with van der Waals surface area (Å²) in [4.78, 5) is 13.3. The molecule has 1 heterocycles. The molecule has 4 nitrogen and oxygen atoms in total. The summed E-state index contributed by atoms with van der Waals surface area (Å²) in [6, 6.07) is 4.64. The topological polar surface area (TPSA) is 58.4 Å². The van der Waals surface area contributed by atoms with Crippen molar-refractivity contribution >= 4 is 28.8 Å². The van der Waals surface area contributed by atoms with Crippen LogP contribution in [0.2, 0.25) is 0 Å². The normalized spacial score (nSPS) is 16.1. The Balaban J connectivity index is 2.40. The number of rotatable bonds is 2. The molecular weight excluding hydrogens is 253 g/mol. The molecule has 1 aliphatic heterocycles. The zero-order valence-electron chi connectivity index (χ0n) is 9.78. The molecule has 1 amide bonds. The van der Waals surface area contributed by atoms with Gasteiger partial charge in [0.15, 0.2) is 0 Å². The minimum absolute atomic E-state index is 0.00718. The summed E-state index contributed by atoms with van der Waals surface area (Å²) in [7, 11) is 0. The van der Waals surface area contributed by atoms with Crippen molar-refractivity contribution in [1.29, 1.82) is 0 Å². The Hall–Kier alpha value is -1.69. The molecule has 3 N–H and O–H groups in total. The number of carbonyl (C=O) groups excluding carboxylic acids is 1. The highest BCUT2D eigenvalue weighted by molar-refractivity contribution is 7.80. The standard InChI is InChI=1S/C12H14FN3OS/c13-8-3-1-4-9(11(8)12(14)18)16-6-2-5-15-10(17)7-16/h1,3-4H,2,5-7H2,(H2,14,18)(H,15,17). The van der Waals surface area contributed by atoms with Gasteiger partial charge in [-0.3, -0.25) is 4.79 Å². The number of amides is 1. The van der Waals surface area contributed by atoms with Gasteiger partial charge in [-0.2, -0.15) is 0 Å². The molecule has 0 aliphatic carbocycles. The largest absolute Gasteiger partial charge is 0.389 e. The van der Waals surface area contributed by atoms with Crippen LogP contribution in [-0.2, 0) is 4.79 Å². The number of nitrogens with two attached hydrogens (primary N) is 1. The van der Waals surface area contributed by atoms with Crippen LogP contribution in [0.1, 0.15) is 12.0 Å². The Morgan fingerprint density at radius 3 is 3.00 bits per heavy atom. The van der Waals surface area contributed by atoms with Gasteiger partial charge in [-0.15, -0.1) is 0 Å². The van der Waals surface area contributed by atoms with Gasteiger partial charge >= 0.3 is 0 Å². The molecule has 0 unspecified atom stereocenters. The Bertz CT molecular complexity index is 492. The molecule has 6 heteroatoms. The zero-order chi connectivity index (χ0) is 13.1. The van der Waals surface area contributed by atoms with E-state index < -0.39 is 5.82 Å². The fourth-order valence-corrected chi connectivity index (χ4v) is 2.23. The van der Waals surface area contributed by atoms with E-state index in [2.05, 4.69) is 5.32 Å². The van der Waals surface area contributed by atoms with Crippen LogP contribution in [0.15, 0.2) is 18.2 Å². The molecular formula is C12H14FN3OS. The monoisotopic (exact) mass is 267 g/mol. The summed E-state index contributed by atoms with van der Waals surface area (Å²) in [5, 5.41) is 2.77. The number of nitrogens with one attached hydrogen (secondary N) is 1. The van der Waals surface area contributed by atoms with E-state index in [0.717, 1.165) is 6.42 Å². The lowest BCUT2D eigenvalue weighted by molar-refractivity contribution is -0.119. The van der Waals surface area contributed by atoms with Crippen LogP contribution in [0.4, 0.5) is 10.1 Å². The Kier molecular flexibility index (Phi) is 3.76. The third kappa shape index (κ3) is 2.59. The second-order valence-corrected chi connectivity index (χ2v) is 4.56. The number of carbonyl (C=O) groups is 1. The molecule has 1 aromatic rings. The molecule has 0 radical (unpaired) electrons. The van der Waals surface area contributed by atoms with Crippen LogP contribution >= 0.6 is 12.2 Å². The first kappa shape index (κ1) is 12.8. The van der Waals surface area contributed by atoms with Crippen molar-refractivity contribution in [3.63, 3.8) is 0 Å². The molecule has 0 atom stereocenters. The van der Waals surface area contributed by atoms with Gasteiger partial charge in [-0.25, -0.2) is 4.39 Å².